The van der Waals surface area contributed by atoms with Gasteiger partial charge in [-0.2, -0.15) is 5.26 Å². The molecule has 1 heterocycles. The molecule has 124 valence electrons. The van der Waals surface area contributed by atoms with Crippen LogP contribution >= 0.6 is 0 Å². The number of nitrogens with zero attached hydrogens (tertiary/aromatic N) is 2. The molecule has 2 aliphatic rings. The zero-order valence-corrected chi connectivity index (χ0v) is 13.7. The first kappa shape index (κ1) is 16.1. The molecule has 5 nitrogen and oxygen atoms in total. The number of ether oxygens (including phenoxy) is 3. The Kier molecular flexibility index (Phi) is 5.37. The van der Waals surface area contributed by atoms with Gasteiger partial charge in [-0.05, 0) is 43.4 Å². The van der Waals surface area contributed by atoms with Gasteiger partial charge in [0.2, 0.25) is 0 Å². The van der Waals surface area contributed by atoms with Gasteiger partial charge in [0.1, 0.15) is 6.04 Å². The van der Waals surface area contributed by atoms with Gasteiger partial charge < -0.3 is 14.2 Å². The van der Waals surface area contributed by atoms with Gasteiger partial charge in [-0.25, -0.2) is 0 Å². The van der Waals surface area contributed by atoms with Crippen molar-refractivity contribution in [1.82, 2.24) is 4.90 Å². The number of benzene rings is 1. The van der Waals surface area contributed by atoms with E-state index >= 15 is 0 Å². The van der Waals surface area contributed by atoms with Gasteiger partial charge in [0, 0.05) is 13.1 Å². The third-order valence-electron chi connectivity index (χ3n) is 4.63. The van der Waals surface area contributed by atoms with Gasteiger partial charge in [-0.1, -0.05) is 6.07 Å². The van der Waals surface area contributed by atoms with E-state index in [2.05, 4.69) is 11.0 Å². The standard InChI is InChI=1S/C18H24N2O3/c1-21-17-7-6-14(12-18(17)23-15-4-2-3-5-15)16(13-19)20-8-10-22-11-9-20/h6-7,12,15-16H,2-5,8-11H2,1H3. The molecule has 0 N–H and O–H groups in total. The molecule has 0 amide bonds. The Bertz CT molecular complexity index is 558. The average molecular weight is 316 g/mol. The van der Waals surface area contributed by atoms with Crippen LogP contribution in [0.2, 0.25) is 0 Å². The molecule has 1 aliphatic carbocycles. The minimum absolute atomic E-state index is 0.267. The van der Waals surface area contributed by atoms with Crippen LogP contribution in [0, 0.1) is 11.3 Å². The van der Waals surface area contributed by atoms with Gasteiger partial charge in [0.25, 0.3) is 0 Å². The van der Waals surface area contributed by atoms with Crippen molar-refractivity contribution in [3.63, 3.8) is 0 Å². The second-order valence-corrected chi connectivity index (χ2v) is 6.11. The number of methoxy groups -OCH3 is 1. The molecule has 1 atom stereocenters. The first-order valence-electron chi connectivity index (χ1n) is 8.38. The molecule has 5 heteroatoms. The molecule has 1 unspecified atom stereocenters. The molecule has 2 fully saturated rings. The largest absolute Gasteiger partial charge is 0.493 e. The highest BCUT2D eigenvalue weighted by Gasteiger charge is 2.24. The topological polar surface area (TPSA) is 54.7 Å². The van der Waals surface area contributed by atoms with E-state index in [9.17, 15) is 5.26 Å². The molecule has 1 aliphatic heterocycles. The molecule has 1 aromatic carbocycles. The Morgan fingerprint density at radius 1 is 1.22 bits per heavy atom. The smallest absolute Gasteiger partial charge is 0.161 e. The Labute approximate surface area is 137 Å². The van der Waals surface area contributed by atoms with Crippen LogP contribution in [0.25, 0.3) is 0 Å². The molecule has 3 rings (SSSR count). The molecule has 1 saturated carbocycles. The molecule has 23 heavy (non-hydrogen) atoms. The lowest BCUT2D eigenvalue weighted by atomic mass is 10.1. The van der Waals surface area contributed by atoms with Crippen molar-refractivity contribution in [2.75, 3.05) is 33.4 Å². The maximum atomic E-state index is 9.63. The third-order valence-corrected chi connectivity index (χ3v) is 4.63. The summed E-state index contributed by atoms with van der Waals surface area (Å²) in [4.78, 5) is 2.16. The first-order valence-corrected chi connectivity index (χ1v) is 8.38. The van der Waals surface area contributed by atoms with Gasteiger partial charge in [0.15, 0.2) is 11.5 Å². The molecule has 1 aromatic rings. The van der Waals surface area contributed by atoms with E-state index in [4.69, 9.17) is 14.2 Å². The second-order valence-electron chi connectivity index (χ2n) is 6.11. The summed E-state index contributed by atoms with van der Waals surface area (Å²) in [6.07, 6.45) is 4.91. The fourth-order valence-corrected chi connectivity index (χ4v) is 3.34. The van der Waals surface area contributed by atoms with E-state index in [0.29, 0.717) is 13.2 Å². The Balaban J connectivity index is 1.81. The molecule has 0 bridgehead atoms. The molecule has 0 spiro atoms. The van der Waals surface area contributed by atoms with Crippen molar-refractivity contribution in [3.05, 3.63) is 23.8 Å². The van der Waals surface area contributed by atoms with Crippen molar-refractivity contribution in [3.8, 4) is 17.6 Å². The third kappa shape index (κ3) is 3.77. The normalized spacial score (nSPS) is 20.9. The number of nitriles is 1. The predicted octanol–water partition coefficient (Wildman–Crippen LogP) is 2.91. The zero-order valence-electron chi connectivity index (χ0n) is 13.7. The SMILES string of the molecule is COc1ccc(C(C#N)N2CCOCC2)cc1OC1CCCC1. The summed E-state index contributed by atoms with van der Waals surface area (Å²) >= 11 is 0. The summed E-state index contributed by atoms with van der Waals surface area (Å²) in [7, 11) is 1.65. The minimum Gasteiger partial charge on any atom is -0.493 e. The molecule has 0 aromatic heterocycles. The summed E-state index contributed by atoms with van der Waals surface area (Å²) < 4.78 is 17.0. The van der Waals surface area contributed by atoms with Crippen molar-refractivity contribution >= 4 is 0 Å². The van der Waals surface area contributed by atoms with Crippen LogP contribution in [0.1, 0.15) is 37.3 Å². The molecule has 1 saturated heterocycles. The van der Waals surface area contributed by atoms with Crippen molar-refractivity contribution in [2.45, 2.75) is 37.8 Å². The summed E-state index contributed by atoms with van der Waals surface area (Å²) in [5, 5.41) is 9.63. The Morgan fingerprint density at radius 2 is 1.96 bits per heavy atom. The van der Waals surface area contributed by atoms with Crippen molar-refractivity contribution in [1.29, 1.82) is 5.26 Å². The van der Waals surface area contributed by atoms with Crippen LogP contribution in [0.3, 0.4) is 0 Å². The molecular formula is C18H24N2O3. The van der Waals surface area contributed by atoms with Crippen molar-refractivity contribution in [2.24, 2.45) is 0 Å². The monoisotopic (exact) mass is 316 g/mol. The highest BCUT2D eigenvalue weighted by molar-refractivity contribution is 5.45. The fraction of sp³-hybridized carbons (Fsp3) is 0.611. The van der Waals surface area contributed by atoms with Gasteiger partial charge in [-0.15, -0.1) is 0 Å². The number of hydrogen-bond donors (Lipinski definition) is 0. The fourth-order valence-electron chi connectivity index (χ4n) is 3.34. The van der Waals surface area contributed by atoms with Gasteiger partial charge in [-0.3, -0.25) is 4.90 Å². The predicted molar refractivity (Wildman–Crippen MR) is 86.6 cm³/mol. The lowest BCUT2D eigenvalue weighted by Gasteiger charge is -2.31. The maximum Gasteiger partial charge on any atom is 0.161 e. The van der Waals surface area contributed by atoms with Crippen molar-refractivity contribution < 1.29 is 14.2 Å². The number of morpholine rings is 1. The van der Waals surface area contributed by atoms with E-state index in [1.54, 1.807) is 7.11 Å². The Hall–Kier alpha value is -1.77. The van der Waals surface area contributed by atoms with Crippen LogP contribution in [0.5, 0.6) is 11.5 Å². The van der Waals surface area contributed by atoms with E-state index in [0.717, 1.165) is 43.0 Å². The quantitative estimate of drug-likeness (QED) is 0.836. The lowest BCUT2D eigenvalue weighted by Crippen LogP contribution is -2.38. The van der Waals surface area contributed by atoms with Crippen LogP contribution in [0.15, 0.2) is 18.2 Å². The summed E-state index contributed by atoms with van der Waals surface area (Å²) in [6, 6.07) is 7.99. The molecule has 0 radical (unpaired) electrons. The van der Waals surface area contributed by atoms with Crippen LogP contribution in [-0.4, -0.2) is 44.4 Å². The van der Waals surface area contributed by atoms with Crippen LogP contribution in [0.4, 0.5) is 0 Å². The highest BCUT2D eigenvalue weighted by Crippen LogP contribution is 2.35. The average Bonchev–Trinajstić information content (AvgIpc) is 3.10. The second kappa shape index (κ2) is 7.67. The molecular weight excluding hydrogens is 292 g/mol. The lowest BCUT2D eigenvalue weighted by molar-refractivity contribution is 0.0266. The Morgan fingerprint density at radius 3 is 2.61 bits per heavy atom. The maximum absolute atomic E-state index is 9.63. The van der Waals surface area contributed by atoms with E-state index in [-0.39, 0.29) is 12.1 Å². The number of rotatable bonds is 5. The van der Waals surface area contributed by atoms with E-state index in [1.165, 1.54) is 12.8 Å². The summed E-state index contributed by atoms with van der Waals surface area (Å²) in [5.74, 6) is 1.49. The zero-order chi connectivity index (χ0) is 16.1. The summed E-state index contributed by atoms with van der Waals surface area (Å²) in [5.41, 5.74) is 0.961. The van der Waals surface area contributed by atoms with E-state index in [1.807, 2.05) is 18.2 Å². The highest BCUT2D eigenvalue weighted by atomic mass is 16.5. The van der Waals surface area contributed by atoms with Crippen LogP contribution in [-0.2, 0) is 4.74 Å². The van der Waals surface area contributed by atoms with Gasteiger partial charge in [0.05, 0.1) is 32.5 Å². The summed E-state index contributed by atoms with van der Waals surface area (Å²) in [6.45, 7) is 2.92. The first-order chi connectivity index (χ1) is 11.3. The minimum atomic E-state index is -0.268. The van der Waals surface area contributed by atoms with Crippen LogP contribution < -0.4 is 9.47 Å². The van der Waals surface area contributed by atoms with E-state index < -0.39 is 0 Å². The number of hydrogen-bond acceptors (Lipinski definition) is 5. The van der Waals surface area contributed by atoms with Gasteiger partial charge >= 0.3 is 0 Å².